The van der Waals surface area contributed by atoms with Crippen LogP contribution in [-0.4, -0.2) is 28.7 Å². The van der Waals surface area contributed by atoms with E-state index in [0.717, 1.165) is 41.2 Å². The molecule has 0 aromatic heterocycles. The highest BCUT2D eigenvalue weighted by atomic mass is 79.9. The Bertz CT molecular complexity index is 457. The number of halogens is 2. The summed E-state index contributed by atoms with van der Waals surface area (Å²) in [7, 11) is 0. The van der Waals surface area contributed by atoms with Crippen molar-refractivity contribution in [3.05, 3.63) is 33.8 Å². The van der Waals surface area contributed by atoms with Crippen molar-refractivity contribution in [2.24, 2.45) is 0 Å². The fraction of sp³-hybridized carbons (Fsp3) is 0.533. The van der Waals surface area contributed by atoms with Gasteiger partial charge in [-0.15, -0.1) is 0 Å². The van der Waals surface area contributed by atoms with Crippen molar-refractivity contribution in [3.63, 3.8) is 0 Å². The third-order valence-corrected chi connectivity index (χ3v) is 4.88. The second kappa shape index (κ2) is 6.89. The van der Waals surface area contributed by atoms with Gasteiger partial charge in [0.05, 0.1) is 5.56 Å². The van der Waals surface area contributed by atoms with Gasteiger partial charge in [0.25, 0.3) is 5.91 Å². The van der Waals surface area contributed by atoms with Crippen LogP contribution in [0.15, 0.2) is 22.7 Å². The number of aryl methyl sites for hydroxylation is 1. The van der Waals surface area contributed by atoms with Crippen LogP contribution in [0.4, 0.5) is 0 Å². The Labute approximate surface area is 131 Å². The van der Waals surface area contributed by atoms with Gasteiger partial charge in [0.2, 0.25) is 0 Å². The van der Waals surface area contributed by atoms with E-state index in [2.05, 4.69) is 36.8 Å². The summed E-state index contributed by atoms with van der Waals surface area (Å²) < 4.78 is 0.903. The Balaban J connectivity index is 2.17. The molecule has 0 heterocycles. The van der Waals surface area contributed by atoms with Crippen molar-refractivity contribution in [1.29, 1.82) is 0 Å². The molecule has 19 heavy (non-hydrogen) atoms. The number of amides is 1. The molecule has 0 atom stereocenters. The molecule has 1 fully saturated rings. The van der Waals surface area contributed by atoms with Gasteiger partial charge in [0, 0.05) is 22.4 Å². The van der Waals surface area contributed by atoms with E-state index in [-0.39, 0.29) is 5.91 Å². The molecule has 104 valence electrons. The largest absolute Gasteiger partial charge is 0.336 e. The summed E-state index contributed by atoms with van der Waals surface area (Å²) in [6, 6.07) is 6.39. The van der Waals surface area contributed by atoms with Crippen LogP contribution in [0.5, 0.6) is 0 Å². The second-order valence-electron chi connectivity index (χ2n) is 5.11. The summed E-state index contributed by atoms with van der Waals surface area (Å²) in [5.74, 6) is 0.164. The first kappa shape index (κ1) is 15.0. The SMILES string of the molecule is Cc1ccc(C(=O)N(CCCBr)C2CCC2)c(Br)c1. The van der Waals surface area contributed by atoms with E-state index in [1.54, 1.807) is 0 Å². The van der Waals surface area contributed by atoms with Crippen LogP contribution >= 0.6 is 31.9 Å². The predicted octanol–water partition coefficient (Wildman–Crippen LogP) is 4.54. The Hall–Kier alpha value is -0.350. The molecule has 0 unspecified atom stereocenters. The van der Waals surface area contributed by atoms with Gasteiger partial charge in [0.15, 0.2) is 0 Å². The van der Waals surface area contributed by atoms with Crippen molar-refractivity contribution >= 4 is 37.8 Å². The monoisotopic (exact) mass is 387 g/mol. The van der Waals surface area contributed by atoms with E-state index in [4.69, 9.17) is 0 Å². The highest BCUT2D eigenvalue weighted by Crippen LogP contribution is 2.28. The summed E-state index contributed by atoms with van der Waals surface area (Å²) in [6.45, 7) is 2.88. The fourth-order valence-corrected chi connectivity index (χ4v) is 3.24. The topological polar surface area (TPSA) is 20.3 Å². The first-order valence-electron chi connectivity index (χ1n) is 6.76. The molecule has 0 aliphatic heterocycles. The third kappa shape index (κ3) is 3.60. The minimum atomic E-state index is 0.164. The first-order valence-corrected chi connectivity index (χ1v) is 8.68. The summed E-state index contributed by atoms with van der Waals surface area (Å²) in [5.41, 5.74) is 1.95. The zero-order valence-corrected chi connectivity index (χ0v) is 14.3. The van der Waals surface area contributed by atoms with Crippen molar-refractivity contribution in [1.82, 2.24) is 4.90 Å². The highest BCUT2D eigenvalue weighted by molar-refractivity contribution is 9.10. The number of carbonyl (C=O) groups is 1. The molecule has 0 spiro atoms. The van der Waals surface area contributed by atoms with Gasteiger partial charge in [-0.3, -0.25) is 4.79 Å². The number of hydrogen-bond acceptors (Lipinski definition) is 1. The van der Waals surface area contributed by atoms with E-state index >= 15 is 0 Å². The summed E-state index contributed by atoms with van der Waals surface area (Å²) in [4.78, 5) is 14.8. The fourth-order valence-electron chi connectivity index (χ4n) is 2.33. The summed E-state index contributed by atoms with van der Waals surface area (Å²) >= 11 is 6.97. The van der Waals surface area contributed by atoms with Crippen LogP contribution in [0.3, 0.4) is 0 Å². The lowest BCUT2D eigenvalue weighted by molar-refractivity contribution is 0.0580. The number of hydrogen-bond donors (Lipinski definition) is 0. The van der Waals surface area contributed by atoms with Crippen LogP contribution in [0.1, 0.15) is 41.6 Å². The van der Waals surface area contributed by atoms with Gasteiger partial charge in [-0.05, 0) is 66.2 Å². The maximum Gasteiger partial charge on any atom is 0.255 e. The molecule has 2 rings (SSSR count). The van der Waals surface area contributed by atoms with E-state index in [9.17, 15) is 4.79 Å². The molecular weight excluding hydrogens is 370 g/mol. The maximum absolute atomic E-state index is 12.7. The maximum atomic E-state index is 12.7. The third-order valence-electron chi connectivity index (χ3n) is 3.66. The molecule has 2 nitrogen and oxygen atoms in total. The Morgan fingerprint density at radius 3 is 2.68 bits per heavy atom. The molecule has 1 aromatic carbocycles. The number of carbonyl (C=O) groups excluding carboxylic acids is 1. The Morgan fingerprint density at radius 2 is 2.16 bits per heavy atom. The standard InChI is InChI=1S/C15H19Br2NO/c1-11-6-7-13(14(17)10-11)15(19)18(9-3-8-16)12-4-2-5-12/h6-7,10,12H,2-5,8-9H2,1H3. The zero-order chi connectivity index (χ0) is 13.8. The molecule has 0 bridgehead atoms. The van der Waals surface area contributed by atoms with Gasteiger partial charge >= 0.3 is 0 Å². The quantitative estimate of drug-likeness (QED) is 0.678. The molecule has 4 heteroatoms. The van der Waals surface area contributed by atoms with Crippen LogP contribution in [0.2, 0.25) is 0 Å². The van der Waals surface area contributed by atoms with Gasteiger partial charge in [-0.25, -0.2) is 0 Å². The van der Waals surface area contributed by atoms with E-state index in [0.29, 0.717) is 6.04 Å². The normalized spacial score (nSPS) is 15.1. The van der Waals surface area contributed by atoms with E-state index in [1.807, 2.05) is 25.1 Å². The minimum Gasteiger partial charge on any atom is -0.336 e. The average Bonchev–Trinajstić information content (AvgIpc) is 2.31. The Morgan fingerprint density at radius 1 is 1.42 bits per heavy atom. The number of rotatable bonds is 5. The van der Waals surface area contributed by atoms with Gasteiger partial charge in [-0.1, -0.05) is 22.0 Å². The van der Waals surface area contributed by atoms with Crippen molar-refractivity contribution in [3.8, 4) is 0 Å². The molecule has 0 saturated heterocycles. The lowest BCUT2D eigenvalue weighted by Gasteiger charge is -2.37. The second-order valence-corrected chi connectivity index (χ2v) is 6.76. The predicted molar refractivity (Wildman–Crippen MR) is 86.0 cm³/mol. The van der Waals surface area contributed by atoms with Crippen LogP contribution in [0, 0.1) is 6.92 Å². The van der Waals surface area contributed by atoms with Crippen LogP contribution in [0.25, 0.3) is 0 Å². The van der Waals surface area contributed by atoms with E-state index < -0.39 is 0 Å². The average molecular weight is 389 g/mol. The van der Waals surface area contributed by atoms with Gasteiger partial charge in [0.1, 0.15) is 0 Å². The molecule has 1 aromatic rings. The summed E-state index contributed by atoms with van der Waals surface area (Å²) in [5, 5.41) is 0.943. The molecule has 0 N–H and O–H groups in total. The van der Waals surface area contributed by atoms with Gasteiger partial charge < -0.3 is 4.90 Å². The lowest BCUT2D eigenvalue weighted by Crippen LogP contribution is -2.45. The summed E-state index contributed by atoms with van der Waals surface area (Å²) in [6.07, 6.45) is 4.55. The van der Waals surface area contributed by atoms with Gasteiger partial charge in [-0.2, -0.15) is 0 Å². The van der Waals surface area contributed by atoms with E-state index in [1.165, 1.54) is 12.0 Å². The number of benzene rings is 1. The molecule has 1 amide bonds. The minimum absolute atomic E-state index is 0.164. The number of alkyl halides is 1. The number of nitrogens with zero attached hydrogens (tertiary/aromatic N) is 1. The molecule has 0 radical (unpaired) electrons. The van der Waals surface area contributed by atoms with Crippen molar-refractivity contribution in [2.45, 2.75) is 38.6 Å². The lowest BCUT2D eigenvalue weighted by atomic mass is 9.90. The zero-order valence-electron chi connectivity index (χ0n) is 11.2. The molecular formula is C15H19Br2NO. The highest BCUT2D eigenvalue weighted by Gasteiger charge is 2.29. The van der Waals surface area contributed by atoms with Crippen molar-refractivity contribution < 1.29 is 4.79 Å². The molecule has 1 saturated carbocycles. The first-order chi connectivity index (χ1) is 9.13. The molecule has 1 aliphatic carbocycles. The smallest absolute Gasteiger partial charge is 0.255 e. The molecule has 1 aliphatic rings. The van der Waals surface area contributed by atoms with Crippen LogP contribution in [-0.2, 0) is 0 Å². The Kier molecular flexibility index (Phi) is 5.46. The van der Waals surface area contributed by atoms with Crippen molar-refractivity contribution in [2.75, 3.05) is 11.9 Å². The van der Waals surface area contributed by atoms with Crippen LogP contribution < -0.4 is 0 Å².